The Morgan fingerprint density at radius 1 is 0.583 bits per heavy atom. The number of phenolic OH excluding ortho intramolecular Hbond substituents is 1. The summed E-state index contributed by atoms with van der Waals surface area (Å²) in [5.41, 5.74) is 9.59. The van der Waals surface area contributed by atoms with Crippen LogP contribution in [0.5, 0.6) is 11.5 Å². The van der Waals surface area contributed by atoms with Crippen LogP contribution < -0.4 is 26.8 Å². The number of ether oxygens (including phenoxy) is 1. The molecular formula is C37H34N10O19S6. The number of aromatic hydroxyl groups is 1. The molecule has 0 bridgehead atoms. The predicted molar refractivity (Wildman–Crippen MR) is 252 cm³/mol. The maximum atomic E-state index is 13.2. The average Bonchev–Trinajstić information content (AvgIpc) is 3.29. The number of nitrogen functional groups attached to an aromatic ring is 2. The Morgan fingerprint density at radius 3 is 1.71 bits per heavy atom. The molecule has 11 N–H and O–H groups in total. The summed E-state index contributed by atoms with van der Waals surface area (Å²) >= 11 is 0. The number of nitrogens with two attached hydrogens (primary N) is 3. The molecule has 382 valence electrons. The Balaban J connectivity index is 1.32. The lowest BCUT2D eigenvalue weighted by Crippen LogP contribution is -2.19. The number of hydrogen-bond acceptors (Lipinski definition) is 25. The van der Waals surface area contributed by atoms with E-state index in [4.69, 9.17) is 16.2 Å². The minimum Gasteiger partial charge on any atom is -0.505 e. The van der Waals surface area contributed by atoms with Crippen molar-refractivity contribution >= 4 is 123 Å². The van der Waals surface area contributed by atoms with Crippen molar-refractivity contribution in [1.29, 1.82) is 0 Å². The van der Waals surface area contributed by atoms with E-state index in [-0.39, 0.29) is 16.3 Å². The summed E-state index contributed by atoms with van der Waals surface area (Å²) in [4.78, 5) is -4.87. The van der Waals surface area contributed by atoms with Crippen LogP contribution in [0.2, 0.25) is 0 Å². The molecule has 72 heavy (non-hydrogen) atoms. The fourth-order valence-electron chi connectivity index (χ4n) is 6.07. The summed E-state index contributed by atoms with van der Waals surface area (Å²) in [6.07, 6.45) is 0. The first-order chi connectivity index (χ1) is 33.4. The van der Waals surface area contributed by atoms with Crippen LogP contribution in [0.3, 0.4) is 0 Å². The standard InChI is InChI=1S/C37H34N10O19S6/c1-64-30-16-20(38)2-12-27(30)43-41-21-3-5-23(6-4-21)47-68(51,52)24-9-7-22(8-10-24)42-46-36-33(71(59,60)61)18-26-31(69(53,54)55)19-29(35(39)34(26)37(36)48)45-44-28-13-11-25(17-32(28)70(56,57)58)67(49,50)15-14-65-72(62,63)66-40/h2-13,16-19,47-48H,14-15,38-40H2,1H3,(H,53,54,55)(H,56,57,58)(H,59,60,61)/b43-41+,45-44+,46-42+. The molecule has 0 fully saturated rings. The average molecular weight is 1120 g/mol. The summed E-state index contributed by atoms with van der Waals surface area (Å²) in [5.74, 6) is 2.48. The lowest BCUT2D eigenvalue weighted by Gasteiger charge is -2.14. The second-order valence-corrected chi connectivity index (χ2v) is 23.4. The van der Waals surface area contributed by atoms with Crippen LogP contribution in [0, 0.1) is 0 Å². The Labute approximate surface area is 408 Å². The molecule has 6 aromatic rings. The first kappa shape index (κ1) is 54.2. The zero-order chi connectivity index (χ0) is 53.2. The molecule has 0 aliphatic heterocycles. The third-order valence-corrected chi connectivity index (χ3v) is 15.8. The van der Waals surface area contributed by atoms with Gasteiger partial charge in [-0.05, 0) is 91.0 Å². The van der Waals surface area contributed by atoms with Gasteiger partial charge < -0.3 is 21.3 Å². The van der Waals surface area contributed by atoms with E-state index in [1.54, 1.807) is 18.2 Å². The summed E-state index contributed by atoms with van der Waals surface area (Å²) < 4.78 is 195. The molecule has 0 saturated heterocycles. The van der Waals surface area contributed by atoms with Gasteiger partial charge in [0.2, 0.25) is 0 Å². The molecule has 0 atom stereocenters. The van der Waals surface area contributed by atoms with Crippen LogP contribution in [-0.4, -0.2) is 88.7 Å². The third kappa shape index (κ3) is 12.6. The van der Waals surface area contributed by atoms with Crippen molar-refractivity contribution < 1.29 is 82.5 Å². The minimum atomic E-state index is -5.46. The normalized spacial score (nSPS) is 13.1. The molecule has 0 aromatic heterocycles. The van der Waals surface area contributed by atoms with Crippen molar-refractivity contribution in [1.82, 2.24) is 0 Å². The number of rotatable bonds is 19. The summed E-state index contributed by atoms with van der Waals surface area (Å²) in [7, 11) is -28.5. The molecule has 0 unspecified atom stereocenters. The highest BCUT2D eigenvalue weighted by molar-refractivity contribution is 7.92. The van der Waals surface area contributed by atoms with Crippen LogP contribution in [0.4, 0.5) is 51.2 Å². The Kier molecular flexibility index (Phi) is 15.4. The largest absolute Gasteiger partial charge is 0.505 e. The molecule has 35 heteroatoms. The van der Waals surface area contributed by atoms with Gasteiger partial charge >= 0.3 is 10.4 Å². The topological polar surface area (TPSA) is 478 Å². The molecule has 0 spiro atoms. The van der Waals surface area contributed by atoms with E-state index in [1.165, 1.54) is 31.4 Å². The number of benzene rings is 6. The predicted octanol–water partition coefficient (Wildman–Crippen LogP) is 5.43. The van der Waals surface area contributed by atoms with Gasteiger partial charge in [0.25, 0.3) is 40.4 Å². The second kappa shape index (κ2) is 20.5. The zero-order valence-corrected chi connectivity index (χ0v) is 40.8. The monoisotopic (exact) mass is 1110 g/mol. The maximum Gasteiger partial charge on any atom is 0.415 e. The van der Waals surface area contributed by atoms with Crippen molar-refractivity contribution in [3.63, 3.8) is 0 Å². The Hall–Kier alpha value is -7.16. The van der Waals surface area contributed by atoms with Crippen molar-refractivity contribution in [2.24, 2.45) is 36.6 Å². The molecule has 29 nitrogen and oxygen atoms in total. The van der Waals surface area contributed by atoms with E-state index >= 15 is 0 Å². The first-order valence-corrected chi connectivity index (χ1v) is 27.8. The third-order valence-electron chi connectivity index (χ3n) is 9.41. The number of anilines is 3. The fourth-order valence-corrected chi connectivity index (χ4v) is 10.8. The highest BCUT2D eigenvalue weighted by Crippen LogP contribution is 2.48. The lowest BCUT2D eigenvalue weighted by molar-refractivity contribution is 0.227. The number of hydrogen-bond donors (Lipinski definition) is 8. The SMILES string of the molecule is COc1cc(N)ccc1/N=N/c1ccc(NS(=O)(=O)c2ccc(/N=N/c3c(S(=O)(=O)O)cc4c(S(=O)(=O)O)cc(/N=N/c5ccc(S(=O)(=O)CCOS(=O)(=O)ON)cc5S(=O)(=O)O)c(N)c4c3O)cc2)cc1. The van der Waals surface area contributed by atoms with Gasteiger partial charge in [-0.1, -0.05) is 0 Å². The minimum absolute atomic E-state index is 0.125. The van der Waals surface area contributed by atoms with E-state index in [2.05, 4.69) is 49.8 Å². The second-order valence-electron chi connectivity index (χ2n) is 14.2. The lowest BCUT2D eigenvalue weighted by atomic mass is 10.0. The van der Waals surface area contributed by atoms with E-state index in [0.29, 0.717) is 47.1 Å². The van der Waals surface area contributed by atoms with E-state index in [0.717, 1.165) is 30.3 Å². The van der Waals surface area contributed by atoms with Gasteiger partial charge in [0.15, 0.2) is 15.6 Å². The molecule has 0 saturated carbocycles. The number of fused-ring (bicyclic) bond motifs is 1. The van der Waals surface area contributed by atoms with Crippen LogP contribution >= 0.6 is 0 Å². The number of methoxy groups -OCH3 is 1. The zero-order valence-electron chi connectivity index (χ0n) is 35.9. The maximum absolute atomic E-state index is 13.2. The van der Waals surface area contributed by atoms with Gasteiger partial charge in [0, 0.05) is 22.8 Å². The molecule has 6 rings (SSSR count). The van der Waals surface area contributed by atoms with E-state index in [1.807, 2.05) is 0 Å². The van der Waals surface area contributed by atoms with E-state index < -0.39 is 132 Å². The van der Waals surface area contributed by atoms with Gasteiger partial charge in [-0.3, -0.25) is 18.4 Å². The van der Waals surface area contributed by atoms with Crippen molar-refractivity contribution in [3.05, 3.63) is 97.1 Å². The van der Waals surface area contributed by atoms with Gasteiger partial charge in [-0.15, -0.1) is 20.5 Å². The molecule has 6 aromatic carbocycles. The van der Waals surface area contributed by atoms with Crippen LogP contribution in [0.15, 0.2) is 152 Å². The van der Waals surface area contributed by atoms with Gasteiger partial charge in [-0.25, -0.2) is 21.0 Å². The molecule has 0 radical (unpaired) electrons. The number of azo groups is 3. The van der Waals surface area contributed by atoms with Gasteiger partial charge in [0.05, 0.1) is 51.7 Å². The highest BCUT2D eigenvalue weighted by atomic mass is 32.3. The van der Waals surface area contributed by atoms with Crippen molar-refractivity contribution in [2.45, 2.75) is 24.5 Å². The van der Waals surface area contributed by atoms with Gasteiger partial charge in [0.1, 0.15) is 43.2 Å². The fraction of sp³-hybridized carbons (Fsp3) is 0.0811. The van der Waals surface area contributed by atoms with Crippen LogP contribution in [0.1, 0.15) is 0 Å². The number of sulfone groups is 1. The Bertz CT molecular complexity index is 3940. The molecule has 0 heterocycles. The summed E-state index contributed by atoms with van der Waals surface area (Å²) in [6.45, 7) is -1.06. The molecule has 0 aliphatic rings. The van der Waals surface area contributed by atoms with Gasteiger partial charge in [-0.2, -0.15) is 54.1 Å². The molecule has 0 amide bonds. The van der Waals surface area contributed by atoms with E-state index in [9.17, 15) is 69.3 Å². The summed E-state index contributed by atoms with van der Waals surface area (Å²) in [6, 6.07) is 17.6. The van der Waals surface area contributed by atoms with Crippen LogP contribution in [0.25, 0.3) is 10.8 Å². The molecule has 0 aliphatic carbocycles. The van der Waals surface area contributed by atoms with Crippen LogP contribution in [-0.2, 0) is 69.1 Å². The quantitative estimate of drug-likeness (QED) is 0.0217. The number of sulfonamides is 1. The number of phenols is 1. The van der Waals surface area contributed by atoms with Crippen molar-refractivity contribution in [3.8, 4) is 11.5 Å². The number of nitrogens with zero attached hydrogens (tertiary/aromatic N) is 6. The summed E-state index contributed by atoms with van der Waals surface area (Å²) in [5, 5.41) is 32.7. The molecular weight excluding hydrogens is 1080 g/mol. The highest BCUT2D eigenvalue weighted by Gasteiger charge is 2.29. The first-order valence-electron chi connectivity index (χ1n) is 19.0. The number of nitrogens with one attached hydrogen (secondary N) is 1. The van der Waals surface area contributed by atoms with Crippen molar-refractivity contribution in [2.75, 3.05) is 35.7 Å². The smallest absolute Gasteiger partial charge is 0.415 e. The Morgan fingerprint density at radius 2 is 1.12 bits per heavy atom.